The van der Waals surface area contributed by atoms with Crippen molar-refractivity contribution < 1.29 is 4.39 Å². The molecule has 0 saturated heterocycles. The highest BCUT2D eigenvalue weighted by Gasteiger charge is 2.05. The van der Waals surface area contributed by atoms with Crippen molar-refractivity contribution in [2.24, 2.45) is 4.99 Å². The number of rotatable bonds is 3. The molecule has 0 radical (unpaired) electrons. The Morgan fingerprint density at radius 2 is 2.06 bits per heavy atom. The Kier molecular flexibility index (Phi) is 6.71. The van der Waals surface area contributed by atoms with Crippen LogP contribution in [0, 0.1) is 12.9 Å². The highest BCUT2D eigenvalue weighted by Crippen LogP contribution is 2.21. The third-order valence-electron chi connectivity index (χ3n) is 2.16. The number of hydrogen-bond acceptors (Lipinski definition) is 2. The Morgan fingerprint density at radius 1 is 1.47 bits per heavy atom. The zero-order chi connectivity index (χ0) is 13.4. The van der Waals surface area contributed by atoms with Gasteiger partial charge in [-0.05, 0) is 26.6 Å². The minimum Gasteiger partial charge on any atom is -0.269 e. The topological polar surface area (TPSA) is 25.2 Å². The molecule has 0 aromatic carbocycles. The lowest BCUT2D eigenvalue weighted by Gasteiger charge is -2.05. The molecule has 0 fully saturated rings. The molecule has 0 aliphatic rings. The number of aliphatic imine (C=N–C) groups is 1. The predicted octanol–water partition coefficient (Wildman–Crippen LogP) is 4.17. The van der Waals surface area contributed by atoms with Crippen LogP contribution in [-0.4, -0.2) is 11.7 Å². The molecule has 0 N–H and O–H groups in total. The van der Waals surface area contributed by atoms with E-state index < -0.39 is 5.95 Å². The lowest BCUT2D eigenvalue weighted by molar-refractivity contribution is 0.574. The number of hydrogen-bond donors (Lipinski definition) is 0. The molecule has 1 rings (SSSR count). The minimum atomic E-state index is -0.452. The lowest BCUT2D eigenvalue weighted by atomic mass is 10.0. The number of aryl methyl sites for hydroxylation is 1. The first kappa shape index (κ1) is 15.2. The van der Waals surface area contributed by atoms with Gasteiger partial charge in [0.2, 0.25) is 5.95 Å². The van der Waals surface area contributed by atoms with E-state index in [2.05, 4.69) is 23.3 Å². The minimum absolute atomic E-state index is 0.452. The molecule has 0 saturated carbocycles. The van der Waals surface area contributed by atoms with Crippen molar-refractivity contribution in [1.82, 2.24) is 4.98 Å². The van der Waals surface area contributed by atoms with Crippen molar-refractivity contribution in [3.63, 3.8) is 0 Å². The first-order chi connectivity index (χ1) is 8.10. The molecule has 0 unspecified atom stereocenters. The second-order valence-corrected chi connectivity index (χ2v) is 3.19. The Hall–Kier alpha value is -1.77. The van der Waals surface area contributed by atoms with Crippen molar-refractivity contribution in [3.8, 4) is 0 Å². The van der Waals surface area contributed by atoms with Gasteiger partial charge in [-0.3, -0.25) is 4.99 Å². The van der Waals surface area contributed by atoms with Crippen LogP contribution in [0.4, 0.5) is 4.39 Å². The Bertz CT molecular complexity index is 434. The smallest absolute Gasteiger partial charge is 0.215 e. The summed E-state index contributed by atoms with van der Waals surface area (Å²) in [7, 11) is 0. The van der Waals surface area contributed by atoms with Gasteiger partial charge in [-0.15, -0.1) is 0 Å². The summed E-state index contributed by atoms with van der Waals surface area (Å²) in [6.45, 7) is 14.6. The van der Waals surface area contributed by atoms with Gasteiger partial charge in [-0.1, -0.05) is 26.5 Å². The van der Waals surface area contributed by atoms with Gasteiger partial charge < -0.3 is 0 Å². The summed E-state index contributed by atoms with van der Waals surface area (Å²) >= 11 is 0. The van der Waals surface area contributed by atoms with Gasteiger partial charge in [-0.25, -0.2) is 4.98 Å². The van der Waals surface area contributed by atoms with E-state index in [0.717, 1.165) is 16.8 Å². The quantitative estimate of drug-likeness (QED) is 0.437. The Morgan fingerprint density at radius 3 is 2.47 bits per heavy atom. The zero-order valence-electron chi connectivity index (χ0n) is 10.9. The van der Waals surface area contributed by atoms with Gasteiger partial charge >= 0.3 is 0 Å². The Labute approximate surface area is 103 Å². The van der Waals surface area contributed by atoms with Gasteiger partial charge in [0.15, 0.2) is 0 Å². The molecule has 0 bridgehead atoms. The van der Waals surface area contributed by atoms with E-state index in [9.17, 15) is 4.39 Å². The van der Waals surface area contributed by atoms with Crippen molar-refractivity contribution >= 4 is 12.3 Å². The van der Waals surface area contributed by atoms with Gasteiger partial charge in [0.25, 0.3) is 0 Å². The molecule has 17 heavy (non-hydrogen) atoms. The second-order valence-electron chi connectivity index (χ2n) is 3.19. The zero-order valence-corrected chi connectivity index (χ0v) is 10.9. The SMILES string of the molecule is C=C/C(=C(/C)N=C)c1cnc(F)c(C)c1.CC. The fraction of sp³-hybridized carbons (Fsp3) is 0.286. The summed E-state index contributed by atoms with van der Waals surface area (Å²) in [4.78, 5) is 7.48. The molecule has 1 heterocycles. The van der Waals surface area contributed by atoms with Gasteiger partial charge in [0.1, 0.15) is 0 Å². The second kappa shape index (κ2) is 7.49. The normalized spacial score (nSPS) is 10.9. The van der Waals surface area contributed by atoms with Crippen LogP contribution in [0.2, 0.25) is 0 Å². The van der Waals surface area contributed by atoms with Crippen molar-refractivity contribution in [2.45, 2.75) is 27.7 Å². The van der Waals surface area contributed by atoms with Crippen molar-refractivity contribution in [2.75, 3.05) is 0 Å². The number of nitrogens with zero attached hydrogens (tertiary/aromatic N) is 2. The van der Waals surface area contributed by atoms with E-state index >= 15 is 0 Å². The van der Waals surface area contributed by atoms with Crippen LogP contribution in [0.5, 0.6) is 0 Å². The first-order valence-electron chi connectivity index (χ1n) is 5.52. The average Bonchev–Trinajstić information content (AvgIpc) is 2.36. The number of pyridine rings is 1. The van der Waals surface area contributed by atoms with E-state index in [1.807, 2.05) is 20.8 Å². The Balaban J connectivity index is 0.00000121. The lowest BCUT2D eigenvalue weighted by Crippen LogP contribution is -1.92. The molecular weight excluding hydrogens is 215 g/mol. The first-order valence-corrected chi connectivity index (χ1v) is 5.52. The summed E-state index contributed by atoms with van der Waals surface area (Å²) in [5.41, 5.74) is 2.87. The van der Waals surface area contributed by atoms with E-state index in [1.165, 1.54) is 6.20 Å². The fourth-order valence-electron chi connectivity index (χ4n) is 1.27. The summed E-state index contributed by atoms with van der Waals surface area (Å²) < 4.78 is 13.0. The summed E-state index contributed by atoms with van der Waals surface area (Å²) in [5.74, 6) is -0.452. The van der Waals surface area contributed by atoms with E-state index in [4.69, 9.17) is 0 Å². The predicted molar refractivity (Wildman–Crippen MR) is 72.6 cm³/mol. The molecule has 3 heteroatoms. The van der Waals surface area contributed by atoms with Crippen LogP contribution < -0.4 is 0 Å². The van der Waals surface area contributed by atoms with Crippen LogP contribution >= 0.6 is 0 Å². The van der Waals surface area contributed by atoms with E-state index in [0.29, 0.717) is 5.56 Å². The van der Waals surface area contributed by atoms with Crippen molar-refractivity contribution in [3.05, 3.63) is 47.7 Å². The largest absolute Gasteiger partial charge is 0.269 e. The van der Waals surface area contributed by atoms with Crippen LogP contribution in [0.3, 0.4) is 0 Å². The van der Waals surface area contributed by atoms with Gasteiger partial charge in [0, 0.05) is 28.6 Å². The molecular formula is C14H19FN2. The maximum atomic E-state index is 13.0. The standard InChI is InChI=1S/C12H13FN2.C2H6/c1-5-11(9(3)14-4)10-6-8(2)12(13)15-7-10;1-2/h5-7H,1,4H2,2-3H3;1-2H3/b11-9+;. The van der Waals surface area contributed by atoms with Crippen LogP contribution in [0.25, 0.3) is 5.57 Å². The fourth-order valence-corrected chi connectivity index (χ4v) is 1.27. The summed E-state index contributed by atoms with van der Waals surface area (Å²) in [6, 6.07) is 1.72. The highest BCUT2D eigenvalue weighted by atomic mass is 19.1. The summed E-state index contributed by atoms with van der Waals surface area (Å²) in [5, 5.41) is 0. The summed E-state index contributed by atoms with van der Waals surface area (Å²) in [6.07, 6.45) is 3.13. The molecule has 0 aliphatic heterocycles. The number of allylic oxidation sites excluding steroid dienone is 3. The van der Waals surface area contributed by atoms with E-state index in [-0.39, 0.29) is 0 Å². The number of halogens is 1. The van der Waals surface area contributed by atoms with Crippen LogP contribution in [0.15, 0.2) is 35.6 Å². The molecule has 1 aromatic rings. The van der Waals surface area contributed by atoms with Crippen LogP contribution in [0.1, 0.15) is 31.9 Å². The molecule has 0 amide bonds. The molecule has 0 aliphatic carbocycles. The maximum absolute atomic E-state index is 13.0. The maximum Gasteiger partial charge on any atom is 0.215 e. The van der Waals surface area contributed by atoms with Crippen LogP contribution in [-0.2, 0) is 0 Å². The molecule has 2 nitrogen and oxygen atoms in total. The molecule has 0 atom stereocenters. The highest BCUT2D eigenvalue weighted by molar-refractivity contribution is 5.76. The average molecular weight is 234 g/mol. The molecule has 0 spiro atoms. The van der Waals surface area contributed by atoms with Crippen molar-refractivity contribution in [1.29, 1.82) is 0 Å². The molecule has 1 aromatic heterocycles. The third kappa shape index (κ3) is 3.94. The van der Waals surface area contributed by atoms with E-state index in [1.54, 1.807) is 19.1 Å². The molecule has 92 valence electrons. The van der Waals surface area contributed by atoms with Gasteiger partial charge in [-0.2, -0.15) is 4.39 Å². The number of aromatic nitrogens is 1. The third-order valence-corrected chi connectivity index (χ3v) is 2.16. The van der Waals surface area contributed by atoms with Gasteiger partial charge in [0.05, 0.1) is 0 Å². The monoisotopic (exact) mass is 234 g/mol.